The van der Waals surface area contributed by atoms with E-state index in [4.69, 9.17) is 9.15 Å². The summed E-state index contributed by atoms with van der Waals surface area (Å²) in [6.45, 7) is 2.61. The molecule has 0 radical (unpaired) electrons. The van der Waals surface area contributed by atoms with Crippen molar-refractivity contribution in [3.05, 3.63) is 47.9 Å². The van der Waals surface area contributed by atoms with E-state index in [9.17, 15) is 9.90 Å². The van der Waals surface area contributed by atoms with Gasteiger partial charge in [-0.15, -0.1) is 0 Å². The van der Waals surface area contributed by atoms with Gasteiger partial charge in [0.1, 0.15) is 5.76 Å². The Bertz CT molecular complexity index is 611. The third-order valence-electron chi connectivity index (χ3n) is 3.27. The van der Waals surface area contributed by atoms with Gasteiger partial charge >= 0.3 is 0 Å². The number of ether oxygens (including phenoxy) is 1. The van der Waals surface area contributed by atoms with E-state index in [0.29, 0.717) is 24.6 Å². The summed E-state index contributed by atoms with van der Waals surface area (Å²) in [6, 6.07) is 8.35. The standard InChI is InChI=1S/C16H20N2O4/c1-11(16(20)18-10-13-4-3-7-22-13)17-9-12-5-6-15(21-2)14(19)8-12/h3-8,11,17,19H,9-10H2,1-2H3,(H,18,20). The van der Waals surface area contributed by atoms with Crippen molar-refractivity contribution < 1.29 is 19.1 Å². The van der Waals surface area contributed by atoms with Gasteiger partial charge in [0, 0.05) is 6.54 Å². The molecule has 6 heteroatoms. The molecule has 1 unspecified atom stereocenters. The second-order valence-electron chi connectivity index (χ2n) is 4.91. The Labute approximate surface area is 129 Å². The minimum Gasteiger partial charge on any atom is -0.504 e. The van der Waals surface area contributed by atoms with Crippen molar-refractivity contribution in [2.24, 2.45) is 0 Å². The van der Waals surface area contributed by atoms with Gasteiger partial charge in [0.05, 0.1) is 26.0 Å². The molecule has 2 rings (SSSR count). The van der Waals surface area contributed by atoms with Crippen molar-refractivity contribution >= 4 is 5.91 Å². The van der Waals surface area contributed by atoms with Gasteiger partial charge in [-0.2, -0.15) is 0 Å². The fourth-order valence-corrected chi connectivity index (χ4v) is 1.95. The maximum Gasteiger partial charge on any atom is 0.237 e. The van der Waals surface area contributed by atoms with E-state index in [1.54, 1.807) is 37.5 Å². The van der Waals surface area contributed by atoms with Crippen LogP contribution in [-0.4, -0.2) is 24.2 Å². The van der Waals surface area contributed by atoms with Gasteiger partial charge in [0.15, 0.2) is 11.5 Å². The normalized spacial score (nSPS) is 11.9. The number of methoxy groups -OCH3 is 1. The van der Waals surface area contributed by atoms with Gasteiger partial charge in [-0.25, -0.2) is 0 Å². The van der Waals surface area contributed by atoms with Crippen LogP contribution < -0.4 is 15.4 Å². The topological polar surface area (TPSA) is 83.7 Å². The van der Waals surface area contributed by atoms with E-state index in [2.05, 4.69) is 10.6 Å². The molecule has 1 atom stereocenters. The van der Waals surface area contributed by atoms with Crippen molar-refractivity contribution in [1.29, 1.82) is 0 Å². The molecule has 0 aliphatic heterocycles. The lowest BCUT2D eigenvalue weighted by Crippen LogP contribution is -2.41. The number of aromatic hydroxyl groups is 1. The number of nitrogens with one attached hydrogen (secondary N) is 2. The first-order valence-corrected chi connectivity index (χ1v) is 6.99. The zero-order valence-corrected chi connectivity index (χ0v) is 12.6. The number of benzene rings is 1. The summed E-state index contributed by atoms with van der Waals surface area (Å²) >= 11 is 0. The zero-order chi connectivity index (χ0) is 15.9. The summed E-state index contributed by atoms with van der Waals surface area (Å²) in [7, 11) is 1.50. The van der Waals surface area contributed by atoms with Crippen LogP contribution in [0.3, 0.4) is 0 Å². The Balaban J connectivity index is 1.80. The van der Waals surface area contributed by atoms with Crippen molar-refractivity contribution in [1.82, 2.24) is 10.6 Å². The number of carbonyl (C=O) groups excluding carboxylic acids is 1. The number of hydrogen-bond acceptors (Lipinski definition) is 5. The number of carbonyl (C=O) groups is 1. The first-order valence-electron chi connectivity index (χ1n) is 6.99. The lowest BCUT2D eigenvalue weighted by Gasteiger charge is -2.14. The molecule has 1 amide bonds. The molecule has 0 saturated heterocycles. The molecule has 0 aliphatic rings. The largest absolute Gasteiger partial charge is 0.504 e. The smallest absolute Gasteiger partial charge is 0.237 e. The molecule has 1 aromatic heterocycles. The molecule has 1 aromatic carbocycles. The van der Waals surface area contributed by atoms with Crippen LogP contribution in [0, 0.1) is 0 Å². The third kappa shape index (κ3) is 4.26. The lowest BCUT2D eigenvalue weighted by atomic mass is 10.2. The van der Waals surface area contributed by atoms with E-state index < -0.39 is 0 Å². The molecule has 22 heavy (non-hydrogen) atoms. The lowest BCUT2D eigenvalue weighted by molar-refractivity contribution is -0.123. The number of phenolic OH excluding ortho intramolecular Hbond substituents is 1. The van der Waals surface area contributed by atoms with E-state index in [0.717, 1.165) is 5.56 Å². The SMILES string of the molecule is COc1ccc(CNC(C)C(=O)NCc2ccco2)cc1O. The molecule has 6 nitrogen and oxygen atoms in total. The first-order chi connectivity index (χ1) is 10.6. The van der Waals surface area contributed by atoms with Crippen LogP contribution in [0.5, 0.6) is 11.5 Å². The van der Waals surface area contributed by atoms with Crippen LogP contribution in [0.1, 0.15) is 18.2 Å². The molecule has 118 valence electrons. The molecule has 1 heterocycles. The van der Waals surface area contributed by atoms with Crippen LogP contribution in [0.15, 0.2) is 41.0 Å². The average Bonchev–Trinajstić information content (AvgIpc) is 3.03. The Kier molecular flexibility index (Phi) is 5.43. The molecular weight excluding hydrogens is 284 g/mol. The molecule has 0 saturated carbocycles. The maximum atomic E-state index is 11.9. The van der Waals surface area contributed by atoms with Crippen molar-refractivity contribution in [2.45, 2.75) is 26.1 Å². The quantitative estimate of drug-likeness (QED) is 0.726. The number of phenols is 1. The van der Waals surface area contributed by atoms with Crippen LogP contribution in [0.25, 0.3) is 0 Å². The summed E-state index contributed by atoms with van der Waals surface area (Å²) in [6.07, 6.45) is 1.57. The second kappa shape index (κ2) is 7.51. The van der Waals surface area contributed by atoms with Crippen LogP contribution >= 0.6 is 0 Å². The van der Waals surface area contributed by atoms with Crippen LogP contribution in [0.4, 0.5) is 0 Å². The van der Waals surface area contributed by atoms with E-state index in [1.807, 2.05) is 6.07 Å². The average molecular weight is 304 g/mol. The predicted molar refractivity (Wildman–Crippen MR) is 81.5 cm³/mol. The number of furan rings is 1. The summed E-state index contributed by atoms with van der Waals surface area (Å²) in [4.78, 5) is 11.9. The second-order valence-corrected chi connectivity index (χ2v) is 4.91. The van der Waals surface area contributed by atoms with Crippen LogP contribution in [0.2, 0.25) is 0 Å². The van der Waals surface area contributed by atoms with Crippen molar-refractivity contribution in [3.63, 3.8) is 0 Å². The zero-order valence-electron chi connectivity index (χ0n) is 12.6. The summed E-state index contributed by atoms with van der Waals surface area (Å²) in [5.41, 5.74) is 0.865. The fourth-order valence-electron chi connectivity index (χ4n) is 1.95. The van der Waals surface area contributed by atoms with Gasteiger partial charge in [-0.1, -0.05) is 6.07 Å². The highest BCUT2D eigenvalue weighted by molar-refractivity contribution is 5.81. The highest BCUT2D eigenvalue weighted by atomic mass is 16.5. The minimum absolute atomic E-state index is 0.0803. The first kappa shape index (κ1) is 15.9. The number of hydrogen-bond donors (Lipinski definition) is 3. The van der Waals surface area contributed by atoms with Gasteiger partial charge in [-0.05, 0) is 36.8 Å². The van der Waals surface area contributed by atoms with E-state index in [-0.39, 0.29) is 17.7 Å². The molecular formula is C16H20N2O4. The minimum atomic E-state index is -0.362. The number of rotatable bonds is 7. The van der Waals surface area contributed by atoms with Gasteiger partial charge in [-0.3, -0.25) is 4.79 Å². The Morgan fingerprint density at radius 3 is 2.82 bits per heavy atom. The molecule has 2 aromatic rings. The Morgan fingerprint density at radius 1 is 1.36 bits per heavy atom. The van der Waals surface area contributed by atoms with Gasteiger partial charge in [0.2, 0.25) is 5.91 Å². The monoisotopic (exact) mass is 304 g/mol. The van der Waals surface area contributed by atoms with Gasteiger partial charge < -0.3 is 24.9 Å². The van der Waals surface area contributed by atoms with Crippen LogP contribution in [-0.2, 0) is 17.9 Å². The summed E-state index contributed by atoms with van der Waals surface area (Å²) < 4.78 is 10.1. The Morgan fingerprint density at radius 2 is 2.18 bits per heavy atom. The molecule has 0 spiro atoms. The summed E-state index contributed by atoms with van der Waals surface area (Å²) in [5, 5.41) is 15.6. The number of amides is 1. The predicted octanol–water partition coefficient (Wildman–Crippen LogP) is 1.79. The maximum absolute atomic E-state index is 11.9. The molecule has 3 N–H and O–H groups in total. The summed E-state index contributed by atoms with van der Waals surface area (Å²) in [5.74, 6) is 1.10. The van der Waals surface area contributed by atoms with Crippen molar-refractivity contribution in [2.75, 3.05) is 7.11 Å². The van der Waals surface area contributed by atoms with Gasteiger partial charge in [0.25, 0.3) is 0 Å². The fraction of sp³-hybridized carbons (Fsp3) is 0.312. The Hall–Kier alpha value is -2.47. The third-order valence-corrected chi connectivity index (χ3v) is 3.27. The van der Waals surface area contributed by atoms with E-state index in [1.165, 1.54) is 7.11 Å². The highest BCUT2D eigenvalue weighted by Crippen LogP contribution is 2.26. The van der Waals surface area contributed by atoms with Crippen molar-refractivity contribution in [3.8, 4) is 11.5 Å². The molecule has 0 aliphatic carbocycles. The van der Waals surface area contributed by atoms with E-state index >= 15 is 0 Å². The highest BCUT2D eigenvalue weighted by Gasteiger charge is 2.12. The molecule has 0 bridgehead atoms. The molecule has 0 fully saturated rings.